The number of alkyl carbamates (subject to hydrolysis) is 2. The van der Waals surface area contributed by atoms with Gasteiger partial charge in [0.2, 0.25) is 0 Å². The number of ether oxygens (including phenoxy) is 5. The largest absolute Gasteiger partial charge is 0.449 e. The predicted octanol–water partition coefficient (Wildman–Crippen LogP) is 14.9. The Morgan fingerprint density at radius 2 is 0.679 bits per heavy atom. The summed E-state index contributed by atoms with van der Waals surface area (Å²) in [5, 5.41) is 5.73. The molecule has 0 unspecified atom stereocenters. The number of rotatable bonds is 7. The van der Waals surface area contributed by atoms with Crippen LogP contribution >= 0.6 is 0 Å². The van der Waals surface area contributed by atoms with Gasteiger partial charge in [0.15, 0.2) is 0 Å². The predicted molar refractivity (Wildman–Crippen MR) is 425 cm³/mol. The molecule has 6 N–H and O–H groups in total. The van der Waals surface area contributed by atoms with Crippen LogP contribution in [0, 0.1) is 0 Å². The molecule has 0 aromatic heterocycles. The number of imide groups is 5. The molecule has 4 aliphatic carbocycles. The van der Waals surface area contributed by atoms with E-state index in [-0.39, 0.29) is 87.9 Å². The summed E-state index contributed by atoms with van der Waals surface area (Å²) in [7, 11) is 3.41. The van der Waals surface area contributed by atoms with E-state index >= 15 is 0 Å². The molecule has 0 saturated carbocycles. The SMILES string of the molecule is C.C.CC(C)(C)OC(=O)N[C@@H]1c2ccccc2C[C@H]1N.CC(C)(C)OC(=O)N[C@@H]1c2ccccc2C[C@H]1N1C(=O)c2ccccc2C1=O.CCOC(=O)N1C(=O)c2ccccc2C1=O.CN(C(=O)OC(C)(C)C)[C@@H]1c2ccccc2C[C@H]1N.CN(C(=O)OC(C)(C)C)[C@@H]1c2ccccc2C[C@H]1N1C(=O)c2ccccc2C1=O.[2HH]. The summed E-state index contributed by atoms with van der Waals surface area (Å²) in [5.41, 5.74) is 20.6. The van der Waals surface area contributed by atoms with Gasteiger partial charge in [-0.1, -0.05) is 148 Å². The first kappa shape index (κ1) is 86.0. The second-order valence-corrected chi connectivity index (χ2v) is 31.6. The number of carbonyl (C=O) groups is 11. The number of likely N-dealkylation sites (N-methyl/N-ethyl adjacent to an activating group) is 2. The maximum Gasteiger partial charge on any atom is 0.424 e. The Labute approximate surface area is 657 Å². The van der Waals surface area contributed by atoms with Crippen molar-refractivity contribution in [3.63, 3.8) is 0 Å². The molecule has 25 heteroatoms. The quantitative estimate of drug-likeness (QED) is 0.0851. The highest BCUT2D eigenvalue weighted by Gasteiger charge is 2.51. The van der Waals surface area contributed by atoms with E-state index in [0.717, 1.165) is 46.2 Å². The third kappa shape index (κ3) is 19.2. The first-order valence-corrected chi connectivity index (χ1v) is 36.6. The fourth-order valence-corrected chi connectivity index (χ4v) is 14.5. The van der Waals surface area contributed by atoms with E-state index in [9.17, 15) is 52.7 Å². The Balaban J connectivity index is 0.000000198. The van der Waals surface area contributed by atoms with Crippen molar-refractivity contribution in [2.24, 2.45) is 11.5 Å². The minimum absolute atomic E-state index is 0. The lowest BCUT2D eigenvalue weighted by molar-refractivity contribution is 0.0120. The molecular formula is C87H107N9O16. The van der Waals surface area contributed by atoms with Gasteiger partial charge in [-0.2, -0.15) is 4.90 Å². The van der Waals surface area contributed by atoms with Gasteiger partial charge in [0.25, 0.3) is 35.4 Å². The zero-order chi connectivity index (χ0) is 80.2. The van der Waals surface area contributed by atoms with Crippen molar-refractivity contribution in [2.45, 2.75) is 201 Å². The van der Waals surface area contributed by atoms with E-state index in [1.165, 1.54) is 38.0 Å². The van der Waals surface area contributed by atoms with Gasteiger partial charge in [-0.15, -0.1) is 0 Å². The van der Waals surface area contributed by atoms with E-state index < -0.39 is 82.8 Å². The third-order valence-electron chi connectivity index (χ3n) is 19.0. The van der Waals surface area contributed by atoms with Gasteiger partial charge >= 0.3 is 30.5 Å². The average molecular weight is 1540 g/mol. The van der Waals surface area contributed by atoms with Crippen molar-refractivity contribution in [2.75, 3.05) is 20.7 Å². The summed E-state index contributed by atoms with van der Waals surface area (Å²) in [6.45, 7) is 23.6. The van der Waals surface area contributed by atoms with Crippen LogP contribution in [0.4, 0.5) is 24.0 Å². The molecule has 25 nitrogen and oxygen atoms in total. The lowest BCUT2D eigenvalue weighted by Crippen LogP contribution is -2.48. The van der Waals surface area contributed by atoms with Crippen molar-refractivity contribution in [3.05, 3.63) is 248 Å². The molecule has 11 amide bonds. The minimum Gasteiger partial charge on any atom is -0.449 e. The molecule has 112 heavy (non-hydrogen) atoms. The molecule has 7 aromatic carbocycles. The van der Waals surface area contributed by atoms with E-state index in [4.69, 9.17) is 30.4 Å². The van der Waals surface area contributed by atoms with Gasteiger partial charge in [0, 0.05) is 27.6 Å². The number of hydrogen-bond donors (Lipinski definition) is 4. The van der Waals surface area contributed by atoms with Crippen molar-refractivity contribution in [1.29, 1.82) is 0 Å². The van der Waals surface area contributed by atoms with Gasteiger partial charge < -0.3 is 55.6 Å². The molecular weight excluding hydrogens is 1430 g/mol. The van der Waals surface area contributed by atoms with Gasteiger partial charge in [-0.25, -0.2) is 24.0 Å². The van der Waals surface area contributed by atoms with E-state index in [1.54, 1.807) is 107 Å². The number of nitrogens with two attached hydrogens (primary N) is 2. The Morgan fingerprint density at radius 3 is 1.07 bits per heavy atom. The van der Waals surface area contributed by atoms with Crippen molar-refractivity contribution in [3.8, 4) is 0 Å². The van der Waals surface area contributed by atoms with E-state index in [1.807, 2.05) is 153 Å². The number of nitrogens with zero attached hydrogens (tertiary/aromatic N) is 5. The fraction of sp³-hybridized carbons (Fsp3) is 0.391. The Morgan fingerprint density at radius 1 is 0.393 bits per heavy atom. The zero-order valence-electron chi connectivity index (χ0n) is 64.7. The molecule has 0 saturated heterocycles. The Bertz CT molecular complexity index is 4620. The van der Waals surface area contributed by atoms with Crippen LogP contribution < -0.4 is 22.1 Å². The maximum absolute atomic E-state index is 13.1. The van der Waals surface area contributed by atoms with E-state index in [0.29, 0.717) is 40.0 Å². The summed E-state index contributed by atoms with van der Waals surface area (Å²) in [5.74, 6) is -2.53. The number of carbonyl (C=O) groups excluding carboxylic acids is 11. The Hall–Kier alpha value is -11.6. The zero-order valence-corrected chi connectivity index (χ0v) is 64.7. The summed E-state index contributed by atoms with van der Waals surface area (Å²) in [6.07, 6.45) is -0.152. The number of hydrogen-bond acceptors (Lipinski definition) is 18. The number of fused-ring (bicyclic) bond motifs is 7. The van der Waals surface area contributed by atoms with Crippen LogP contribution in [-0.4, -0.2) is 158 Å². The third-order valence-corrected chi connectivity index (χ3v) is 19.0. The van der Waals surface area contributed by atoms with Crippen molar-refractivity contribution < 1.29 is 77.9 Å². The molecule has 8 atom stereocenters. The van der Waals surface area contributed by atoms with Gasteiger partial charge in [0.1, 0.15) is 22.4 Å². The van der Waals surface area contributed by atoms with Gasteiger partial charge in [-0.05, 0) is 197 Å². The molecule has 0 fully saturated rings. The summed E-state index contributed by atoms with van der Waals surface area (Å²) >= 11 is 0. The summed E-state index contributed by atoms with van der Waals surface area (Å²) in [6, 6.07) is 49.0. The van der Waals surface area contributed by atoms with Crippen LogP contribution in [0.15, 0.2) is 170 Å². The van der Waals surface area contributed by atoms with Crippen LogP contribution in [0.1, 0.15) is 237 Å². The normalized spacial score (nSPS) is 19.8. The van der Waals surface area contributed by atoms with Crippen LogP contribution in [0.3, 0.4) is 0 Å². The minimum atomic E-state index is -0.922. The molecule has 3 aliphatic heterocycles. The molecule has 7 aromatic rings. The molecule has 14 rings (SSSR count). The number of nitrogens with one attached hydrogen (secondary N) is 2. The van der Waals surface area contributed by atoms with Crippen LogP contribution in [-0.2, 0) is 49.4 Å². The molecule has 596 valence electrons. The van der Waals surface area contributed by atoms with Crippen molar-refractivity contribution >= 4 is 65.9 Å². The highest BCUT2D eigenvalue weighted by molar-refractivity contribution is 6.28. The Kier molecular flexibility index (Phi) is 26.7. The van der Waals surface area contributed by atoms with Crippen LogP contribution in [0.25, 0.3) is 0 Å². The standard InChI is InChI=1S/C23H24N2O4.C22H22N2O4.C15H22N2O2.C14H20N2O2.C11H9NO4.2CH4.H2/c1-23(2,3)29-22(28)24(4)19-15-10-6-5-9-14(15)13-18(19)25-20(26)16-11-7-8-12-17(16)21(25)27;1-22(2,3)28-21(27)23-18-14-9-5-4-8-13(14)12-17(18)24-19(25)15-10-6-7-11-16(15)20(24)26;1-15(2,3)19-14(18)17(4)13-11-8-6-5-7-10(11)9-12(13)16;1-14(2,3)18-13(17)16-12-10-7-5-4-6-9(10)8-11(12)15;1-2-16-11(15)12-9(13)7-5-3-4-6-8(7)10(12)14;;;/h5-12,18-19H,13H2,1-4H3;4-11,17-18H,12H2,1-3H3,(H,23,27);5-8,12-13H,9,16H2,1-4H3;4-7,11-12H,8,15H2,1-3H3,(H,16,17);3-6H,2H2,1H3;2*1H4;1H/t18-,19-;17-,18-;12-,13-;11-,12-;;;;/m1111..../s1/i;;;;;;;1+1. The highest BCUT2D eigenvalue weighted by atomic mass is 16.6. The van der Waals surface area contributed by atoms with Crippen LogP contribution in [0.5, 0.6) is 0 Å². The van der Waals surface area contributed by atoms with Gasteiger partial charge in [0.05, 0.1) is 76.2 Å². The van der Waals surface area contributed by atoms with Crippen LogP contribution in [0.2, 0.25) is 0 Å². The fourth-order valence-electron chi connectivity index (χ4n) is 14.5. The maximum atomic E-state index is 13.1. The monoisotopic (exact) mass is 1530 g/mol. The molecule has 0 radical (unpaired) electrons. The van der Waals surface area contributed by atoms with Crippen molar-refractivity contribution in [1.82, 2.24) is 35.1 Å². The second kappa shape index (κ2) is 34.8. The molecule has 3 heterocycles. The average Bonchev–Trinajstić information content (AvgIpc) is 1.59. The lowest BCUT2D eigenvalue weighted by atomic mass is 10.0. The van der Waals surface area contributed by atoms with Gasteiger partial charge in [-0.3, -0.25) is 38.6 Å². The van der Waals surface area contributed by atoms with E-state index in [2.05, 4.69) is 21.4 Å². The lowest BCUT2D eigenvalue weighted by Gasteiger charge is -2.35. The second-order valence-electron chi connectivity index (χ2n) is 31.6. The molecule has 7 aliphatic rings. The first-order chi connectivity index (χ1) is 51.8. The summed E-state index contributed by atoms with van der Waals surface area (Å²) in [4.78, 5) is 142. The number of amides is 11. The molecule has 0 spiro atoms. The topological polar surface area (TPSA) is 326 Å². The molecule has 0 bridgehead atoms. The summed E-state index contributed by atoms with van der Waals surface area (Å²) < 4.78 is 26.3. The highest BCUT2D eigenvalue weighted by Crippen LogP contribution is 2.43. The first-order valence-electron chi connectivity index (χ1n) is 36.6. The smallest absolute Gasteiger partial charge is 0.424 e. The number of benzene rings is 7.